The number of nitrogens with one attached hydrogen (secondary N) is 1. The lowest BCUT2D eigenvalue weighted by molar-refractivity contribution is -0.121. The highest BCUT2D eigenvalue weighted by Crippen LogP contribution is 2.11. The number of hydrogen-bond donors (Lipinski definition) is 1. The molecule has 15 heavy (non-hydrogen) atoms. The molecule has 1 N–H and O–H groups in total. The van der Waals surface area contributed by atoms with Crippen LogP contribution in [0.4, 0.5) is 0 Å². The van der Waals surface area contributed by atoms with Crippen LogP contribution in [0, 0.1) is 11.3 Å². The molecule has 80 valence electrons. The third kappa shape index (κ3) is 5.18. The summed E-state index contributed by atoms with van der Waals surface area (Å²) in [6.07, 6.45) is 2.77. The molecule has 0 aliphatic heterocycles. The second-order valence-electron chi connectivity index (χ2n) is 3.19. The van der Waals surface area contributed by atoms with Crippen molar-refractivity contribution in [3.63, 3.8) is 0 Å². The van der Waals surface area contributed by atoms with Crippen LogP contribution in [0.15, 0.2) is 17.5 Å². The van der Waals surface area contributed by atoms with Gasteiger partial charge in [0.15, 0.2) is 0 Å². The Labute approximate surface area is 93.7 Å². The Bertz CT molecular complexity index is 327. The molecule has 0 saturated heterocycles. The van der Waals surface area contributed by atoms with Crippen molar-refractivity contribution in [3.8, 4) is 6.07 Å². The molecular formula is C11H14N2OS. The number of amides is 1. The molecule has 0 atom stereocenters. The number of hydrogen-bond acceptors (Lipinski definition) is 3. The number of carbonyl (C=O) groups excluding carboxylic acids is 1. The van der Waals surface area contributed by atoms with Crippen LogP contribution in [0.5, 0.6) is 0 Å². The molecule has 1 amide bonds. The molecule has 0 fully saturated rings. The topological polar surface area (TPSA) is 52.9 Å². The number of nitrogens with zero attached hydrogens (tertiary/aromatic N) is 1. The fourth-order valence-electron chi connectivity index (χ4n) is 1.22. The highest BCUT2D eigenvalue weighted by Gasteiger charge is 2.00. The highest BCUT2D eigenvalue weighted by atomic mass is 32.1. The van der Waals surface area contributed by atoms with Gasteiger partial charge < -0.3 is 5.32 Å². The minimum atomic E-state index is 0.0433. The van der Waals surface area contributed by atoms with Crippen LogP contribution in [0.2, 0.25) is 0 Å². The summed E-state index contributed by atoms with van der Waals surface area (Å²) in [6, 6.07) is 6.09. The standard InChI is InChI=1S/C11H14N2OS/c12-7-3-8-13-11(14)6-1-4-10-5-2-9-15-10/h2,5,9H,1,3-4,6,8H2,(H,13,14). The van der Waals surface area contributed by atoms with Gasteiger partial charge in [0.05, 0.1) is 12.5 Å². The van der Waals surface area contributed by atoms with E-state index < -0.39 is 0 Å². The monoisotopic (exact) mass is 222 g/mol. The SMILES string of the molecule is N#CCCNC(=O)CCCc1cccs1. The molecule has 0 aromatic carbocycles. The zero-order valence-electron chi connectivity index (χ0n) is 8.53. The molecule has 0 unspecified atom stereocenters. The maximum atomic E-state index is 11.2. The van der Waals surface area contributed by atoms with Gasteiger partial charge in [0.25, 0.3) is 0 Å². The number of nitriles is 1. The van der Waals surface area contributed by atoms with Crippen molar-refractivity contribution in [2.45, 2.75) is 25.7 Å². The molecule has 3 nitrogen and oxygen atoms in total. The summed E-state index contributed by atoms with van der Waals surface area (Å²) in [5.74, 6) is 0.0433. The largest absolute Gasteiger partial charge is 0.355 e. The van der Waals surface area contributed by atoms with E-state index in [4.69, 9.17) is 5.26 Å². The van der Waals surface area contributed by atoms with Crippen molar-refractivity contribution in [2.24, 2.45) is 0 Å². The predicted octanol–water partition coefficient (Wildman–Crippen LogP) is 2.10. The first-order chi connectivity index (χ1) is 7.33. The zero-order valence-corrected chi connectivity index (χ0v) is 9.35. The van der Waals surface area contributed by atoms with Crippen LogP contribution >= 0.6 is 11.3 Å². The Morgan fingerprint density at radius 3 is 3.13 bits per heavy atom. The second kappa shape index (κ2) is 7.02. The van der Waals surface area contributed by atoms with Crippen molar-refractivity contribution >= 4 is 17.2 Å². The van der Waals surface area contributed by atoms with E-state index in [9.17, 15) is 4.79 Å². The molecule has 0 spiro atoms. The Morgan fingerprint density at radius 1 is 1.60 bits per heavy atom. The Hall–Kier alpha value is -1.34. The molecule has 0 bridgehead atoms. The lowest BCUT2D eigenvalue weighted by Crippen LogP contribution is -2.23. The van der Waals surface area contributed by atoms with E-state index in [2.05, 4.69) is 11.4 Å². The van der Waals surface area contributed by atoms with Gasteiger partial charge in [-0.2, -0.15) is 5.26 Å². The van der Waals surface area contributed by atoms with Crippen LogP contribution < -0.4 is 5.32 Å². The van der Waals surface area contributed by atoms with Gasteiger partial charge in [-0.3, -0.25) is 4.79 Å². The van der Waals surface area contributed by atoms with Gasteiger partial charge >= 0.3 is 0 Å². The molecule has 1 aromatic heterocycles. The van der Waals surface area contributed by atoms with Crippen molar-refractivity contribution < 1.29 is 4.79 Å². The average molecular weight is 222 g/mol. The minimum absolute atomic E-state index is 0.0433. The third-order valence-corrected chi connectivity index (χ3v) is 2.90. The first-order valence-corrected chi connectivity index (χ1v) is 5.87. The quantitative estimate of drug-likeness (QED) is 0.749. The van der Waals surface area contributed by atoms with Crippen LogP contribution in [-0.4, -0.2) is 12.5 Å². The minimum Gasteiger partial charge on any atom is -0.355 e. The van der Waals surface area contributed by atoms with Gasteiger partial charge in [0, 0.05) is 17.8 Å². The van der Waals surface area contributed by atoms with Crippen molar-refractivity contribution in [1.82, 2.24) is 5.32 Å². The summed E-state index contributed by atoms with van der Waals surface area (Å²) in [4.78, 5) is 12.5. The van der Waals surface area contributed by atoms with E-state index in [1.807, 2.05) is 17.5 Å². The molecule has 0 aliphatic carbocycles. The van der Waals surface area contributed by atoms with Crippen molar-refractivity contribution in [2.75, 3.05) is 6.54 Å². The van der Waals surface area contributed by atoms with Gasteiger partial charge in [-0.1, -0.05) is 6.07 Å². The van der Waals surface area contributed by atoms with Crippen molar-refractivity contribution in [1.29, 1.82) is 5.26 Å². The van der Waals surface area contributed by atoms with E-state index in [1.54, 1.807) is 11.3 Å². The molecule has 1 heterocycles. The number of carbonyl (C=O) groups is 1. The van der Waals surface area contributed by atoms with E-state index in [1.165, 1.54) is 4.88 Å². The van der Waals surface area contributed by atoms with Gasteiger partial charge in [-0.25, -0.2) is 0 Å². The van der Waals surface area contributed by atoms with Crippen LogP contribution in [0.1, 0.15) is 24.1 Å². The smallest absolute Gasteiger partial charge is 0.220 e. The highest BCUT2D eigenvalue weighted by molar-refractivity contribution is 7.09. The Kier molecular flexibility index (Phi) is 5.49. The average Bonchev–Trinajstić information content (AvgIpc) is 2.71. The fourth-order valence-corrected chi connectivity index (χ4v) is 1.98. The first-order valence-electron chi connectivity index (χ1n) is 4.99. The normalized spacial score (nSPS) is 9.53. The first kappa shape index (κ1) is 11.7. The van der Waals surface area contributed by atoms with E-state index in [0.29, 0.717) is 19.4 Å². The Morgan fingerprint density at radius 2 is 2.47 bits per heavy atom. The van der Waals surface area contributed by atoms with Crippen molar-refractivity contribution in [3.05, 3.63) is 22.4 Å². The Balaban J connectivity index is 2.05. The molecule has 4 heteroatoms. The molecular weight excluding hydrogens is 208 g/mol. The maximum absolute atomic E-state index is 11.2. The number of thiophene rings is 1. The lowest BCUT2D eigenvalue weighted by atomic mass is 10.2. The maximum Gasteiger partial charge on any atom is 0.220 e. The van der Waals surface area contributed by atoms with Crippen LogP contribution in [0.3, 0.4) is 0 Å². The van der Waals surface area contributed by atoms with Crippen LogP contribution in [-0.2, 0) is 11.2 Å². The van der Waals surface area contributed by atoms with Gasteiger partial charge in [0.2, 0.25) is 5.91 Å². The fraction of sp³-hybridized carbons (Fsp3) is 0.455. The summed E-state index contributed by atoms with van der Waals surface area (Å²) in [5.41, 5.74) is 0. The summed E-state index contributed by atoms with van der Waals surface area (Å²) >= 11 is 1.72. The summed E-state index contributed by atoms with van der Waals surface area (Å²) < 4.78 is 0. The van der Waals surface area contributed by atoms with Gasteiger partial charge in [-0.15, -0.1) is 11.3 Å². The number of aryl methyl sites for hydroxylation is 1. The third-order valence-electron chi connectivity index (χ3n) is 1.97. The predicted molar refractivity (Wildman–Crippen MR) is 60.5 cm³/mol. The molecule has 0 radical (unpaired) electrons. The second-order valence-corrected chi connectivity index (χ2v) is 4.22. The number of rotatable bonds is 6. The molecule has 0 aliphatic rings. The lowest BCUT2D eigenvalue weighted by Gasteiger charge is -2.01. The summed E-state index contributed by atoms with van der Waals surface area (Å²) in [6.45, 7) is 0.467. The van der Waals surface area contributed by atoms with E-state index in [-0.39, 0.29) is 5.91 Å². The summed E-state index contributed by atoms with van der Waals surface area (Å²) in [7, 11) is 0. The van der Waals surface area contributed by atoms with E-state index >= 15 is 0 Å². The molecule has 1 aromatic rings. The summed E-state index contributed by atoms with van der Waals surface area (Å²) in [5, 5.41) is 13.0. The van der Waals surface area contributed by atoms with E-state index in [0.717, 1.165) is 12.8 Å². The molecule has 1 rings (SSSR count). The van der Waals surface area contributed by atoms with Gasteiger partial charge in [-0.05, 0) is 24.3 Å². The van der Waals surface area contributed by atoms with Crippen LogP contribution in [0.25, 0.3) is 0 Å². The zero-order chi connectivity index (χ0) is 10.9. The molecule has 0 saturated carbocycles. The van der Waals surface area contributed by atoms with Gasteiger partial charge in [0.1, 0.15) is 0 Å².